The van der Waals surface area contributed by atoms with Crippen molar-refractivity contribution in [2.45, 2.75) is 20.8 Å². The molecule has 0 fully saturated rings. The number of hydrogen-bond donors (Lipinski definition) is 2. The van der Waals surface area contributed by atoms with Gasteiger partial charge < -0.3 is 14.5 Å². The molecule has 2 aromatic rings. The maximum Gasteiger partial charge on any atom is 0.271 e. The Hall–Kier alpha value is -2.76. The second-order valence-electron chi connectivity index (χ2n) is 5.18. The van der Waals surface area contributed by atoms with Crippen LogP contribution >= 0.6 is 0 Å². The van der Waals surface area contributed by atoms with Crippen molar-refractivity contribution in [3.63, 3.8) is 0 Å². The zero-order valence-corrected chi connectivity index (χ0v) is 12.7. The van der Waals surface area contributed by atoms with Crippen LogP contribution in [0.4, 0.5) is 0 Å². The average Bonchev–Trinajstić information content (AvgIpc) is 3.10. The molecule has 1 aliphatic heterocycles. The Morgan fingerprint density at radius 2 is 2.05 bits per heavy atom. The lowest BCUT2D eigenvalue weighted by Crippen LogP contribution is -2.19. The fourth-order valence-electron chi connectivity index (χ4n) is 2.51. The number of rotatable bonds is 3. The Labute approximate surface area is 128 Å². The number of fused-ring (bicyclic) bond motifs is 1. The molecule has 6 heteroatoms. The third-order valence-corrected chi connectivity index (χ3v) is 3.60. The summed E-state index contributed by atoms with van der Waals surface area (Å²) in [5.74, 6) is 0.934. The first-order valence-corrected chi connectivity index (χ1v) is 6.95. The van der Waals surface area contributed by atoms with Crippen molar-refractivity contribution >= 4 is 11.6 Å². The molecular formula is C16H17N3O3. The molecule has 114 valence electrons. The zero-order chi connectivity index (χ0) is 15.7. The number of carbonyl (C=O) groups excluding carboxylic acids is 1. The SMILES string of the molecule is C/C(=N\NC(=O)c1ccc2c(c1)OCO2)c1c(C)c[nH]c1C. The van der Waals surface area contributed by atoms with E-state index < -0.39 is 0 Å². The van der Waals surface area contributed by atoms with Gasteiger partial charge in [-0.05, 0) is 44.5 Å². The van der Waals surface area contributed by atoms with Gasteiger partial charge in [-0.1, -0.05) is 0 Å². The van der Waals surface area contributed by atoms with E-state index in [1.807, 2.05) is 27.0 Å². The maximum atomic E-state index is 12.2. The van der Waals surface area contributed by atoms with Gasteiger partial charge in [0.25, 0.3) is 5.91 Å². The lowest BCUT2D eigenvalue weighted by Gasteiger charge is -2.05. The van der Waals surface area contributed by atoms with Crippen molar-refractivity contribution in [1.82, 2.24) is 10.4 Å². The number of aryl methyl sites for hydroxylation is 2. The molecule has 0 atom stereocenters. The van der Waals surface area contributed by atoms with Gasteiger partial charge in [0.05, 0.1) is 5.71 Å². The molecule has 1 aromatic carbocycles. The number of amides is 1. The van der Waals surface area contributed by atoms with Gasteiger partial charge in [0.1, 0.15) is 0 Å². The predicted octanol–water partition coefficient (Wildman–Crippen LogP) is 2.51. The number of carbonyl (C=O) groups is 1. The van der Waals surface area contributed by atoms with Gasteiger partial charge in [0.2, 0.25) is 6.79 Å². The monoisotopic (exact) mass is 299 g/mol. The molecule has 2 N–H and O–H groups in total. The summed E-state index contributed by atoms with van der Waals surface area (Å²) in [6.07, 6.45) is 1.92. The highest BCUT2D eigenvalue weighted by Crippen LogP contribution is 2.32. The lowest BCUT2D eigenvalue weighted by molar-refractivity contribution is 0.0954. The van der Waals surface area contributed by atoms with E-state index in [4.69, 9.17) is 9.47 Å². The summed E-state index contributed by atoms with van der Waals surface area (Å²) in [5, 5.41) is 4.18. The van der Waals surface area contributed by atoms with Gasteiger partial charge in [-0.15, -0.1) is 0 Å². The van der Waals surface area contributed by atoms with Gasteiger partial charge in [0.15, 0.2) is 11.5 Å². The van der Waals surface area contributed by atoms with Crippen LogP contribution in [0.15, 0.2) is 29.5 Å². The summed E-state index contributed by atoms with van der Waals surface area (Å²) in [6.45, 7) is 6.02. The molecule has 1 aromatic heterocycles. The summed E-state index contributed by atoms with van der Waals surface area (Å²) in [4.78, 5) is 15.3. The first-order valence-electron chi connectivity index (χ1n) is 6.95. The highest BCUT2D eigenvalue weighted by molar-refractivity contribution is 6.02. The number of ether oxygens (including phenoxy) is 2. The van der Waals surface area contributed by atoms with Crippen LogP contribution in [0.1, 0.15) is 34.1 Å². The van der Waals surface area contributed by atoms with Gasteiger partial charge in [-0.3, -0.25) is 4.79 Å². The fourth-order valence-corrected chi connectivity index (χ4v) is 2.51. The van der Waals surface area contributed by atoms with Crippen LogP contribution in [0.2, 0.25) is 0 Å². The van der Waals surface area contributed by atoms with E-state index in [1.165, 1.54) is 0 Å². The highest BCUT2D eigenvalue weighted by atomic mass is 16.7. The topological polar surface area (TPSA) is 75.7 Å². The summed E-state index contributed by atoms with van der Waals surface area (Å²) in [6, 6.07) is 5.05. The van der Waals surface area contributed by atoms with Gasteiger partial charge >= 0.3 is 0 Å². The van der Waals surface area contributed by atoms with Gasteiger partial charge in [0, 0.05) is 23.0 Å². The fraction of sp³-hybridized carbons (Fsp3) is 0.250. The quantitative estimate of drug-likeness (QED) is 0.675. The van der Waals surface area contributed by atoms with Crippen molar-refractivity contribution in [1.29, 1.82) is 0 Å². The minimum absolute atomic E-state index is 0.184. The second kappa shape index (κ2) is 5.55. The van der Waals surface area contributed by atoms with Crippen LogP contribution in [-0.4, -0.2) is 23.4 Å². The van der Waals surface area contributed by atoms with Crippen molar-refractivity contribution in [3.05, 3.63) is 46.8 Å². The van der Waals surface area contributed by atoms with E-state index in [2.05, 4.69) is 15.5 Å². The minimum atomic E-state index is -0.288. The zero-order valence-electron chi connectivity index (χ0n) is 12.7. The van der Waals surface area contributed by atoms with Crippen LogP contribution in [0.25, 0.3) is 0 Å². The number of hydrogen-bond acceptors (Lipinski definition) is 4. The van der Waals surface area contributed by atoms with Crippen molar-refractivity contribution < 1.29 is 14.3 Å². The Kier molecular flexibility index (Phi) is 3.58. The number of aromatic nitrogens is 1. The van der Waals surface area contributed by atoms with E-state index in [0.717, 1.165) is 22.5 Å². The molecule has 0 saturated heterocycles. The first kappa shape index (κ1) is 14.2. The van der Waals surface area contributed by atoms with E-state index in [9.17, 15) is 4.79 Å². The summed E-state index contributed by atoms with van der Waals surface area (Å²) < 4.78 is 10.5. The molecule has 0 bridgehead atoms. The smallest absolute Gasteiger partial charge is 0.271 e. The largest absolute Gasteiger partial charge is 0.454 e. The van der Waals surface area contributed by atoms with Gasteiger partial charge in [-0.2, -0.15) is 5.10 Å². The molecule has 22 heavy (non-hydrogen) atoms. The van der Waals surface area contributed by atoms with Crippen LogP contribution < -0.4 is 14.9 Å². The van der Waals surface area contributed by atoms with Crippen molar-refractivity contribution in [3.8, 4) is 11.5 Å². The van der Waals surface area contributed by atoms with Gasteiger partial charge in [-0.25, -0.2) is 5.43 Å². The predicted molar refractivity (Wildman–Crippen MR) is 82.5 cm³/mol. The highest BCUT2D eigenvalue weighted by Gasteiger charge is 2.16. The molecule has 0 radical (unpaired) electrons. The number of aromatic amines is 1. The Bertz CT molecular complexity index is 742. The molecule has 0 saturated carbocycles. The molecule has 6 nitrogen and oxygen atoms in total. The maximum absolute atomic E-state index is 12.2. The number of hydrazone groups is 1. The average molecular weight is 299 g/mol. The molecule has 3 rings (SSSR count). The Morgan fingerprint density at radius 1 is 1.27 bits per heavy atom. The molecule has 0 unspecified atom stereocenters. The van der Waals surface area contributed by atoms with Crippen LogP contribution in [0.3, 0.4) is 0 Å². The molecule has 1 amide bonds. The lowest BCUT2D eigenvalue weighted by atomic mass is 10.1. The van der Waals surface area contributed by atoms with Crippen LogP contribution in [0, 0.1) is 13.8 Å². The summed E-state index contributed by atoms with van der Waals surface area (Å²) in [7, 11) is 0. The van der Waals surface area contributed by atoms with Crippen molar-refractivity contribution in [2.24, 2.45) is 5.10 Å². The van der Waals surface area contributed by atoms with E-state index in [1.54, 1.807) is 18.2 Å². The molecule has 0 aliphatic carbocycles. The molecular weight excluding hydrogens is 282 g/mol. The number of benzene rings is 1. The van der Waals surface area contributed by atoms with Crippen LogP contribution in [-0.2, 0) is 0 Å². The van der Waals surface area contributed by atoms with E-state index in [0.29, 0.717) is 17.1 Å². The summed E-state index contributed by atoms with van der Waals surface area (Å²) >= 11 is 0. The van der Waals surface area contributed by atoms with E-state index >= 15 is 0 Å². The molecule has 1 aliphatic rings. The van der Waals surface area contributed by atoms with Crippen LogP contribution in [0.5, 0.6) is 11.5 Å². The normalized spacial score (nSPS) is 13.3. The first-order chi connectivity index (χ1) is 10.6. The third-order valence-electron chi connectivity index (χ3n) is 3.60. The summed E-state index contributed by atoms with van der Waals surface area (Å²) in [5.41, 5.74) is 6.94. The third kappa shape index (κ3) is 2.55. The van der Waals surface area contributed by atoms with E-state index in [-0.39, 0.29) is 12.7 Å². The molecule has 0 spiro atoms. The second-order valence-corrected chi connectivity index (χ2v) is 5.18. The number of H-pyrrole nitrogens is 1. The van der Waals surface area contributed by atoms with Crippen molar-refractivity contribution in [2.75, 3.05) is 6.79 Å². The number of nitrogens with one attached hydrogen (secondary N) is 2. The standard InChI is InChI=1S/C16H17N3O3/c1-9-7-17-10(2)15(9)11(3)18-19-16(20)12-4-5-13-14(6-12)22-8-21-13/h4-7,17H,8H2,1-3H3,(H,19,20)/b18-11+. The Balaban J connectivity index is 1.76. The Morgan fingerprint density at radius 3 is 2.77 bits per heavy atom. The number of nitrogens with zero attached hydrogens (tertiary/aromatic N) is 1. The minimum Gasteiger partial charge on any atom is -0.454 e. The molecule has 2 heterocycles.